The minimum atomic E-state index is -0.968. The number of carbonyl (C=O) groups excluding carboxylic acids is 2. The van der Waals surface area contributed by atoms with E-state index < -0.39 is 5.60 Å². The summed E-state index contributed by atoms with van der Waals surface area (Å²) in [6.07, 6.45) is 8.82. The summed E-state index contributed by atoms with van der Waals surface area (Å²) in [5.41, 5.74) is 3.53. The molecule has 14 heteroatoms. The predicted molar refractivity (Wildman–Crippen MR) is 186 cm³/mol. The second-order valence-corrected chi connectivity index (χ2v) is 13.9. The van der Waals surface area contributed by atoms with Crippen LogP contribution in [0.15, 0.2) is 55.1 Å². The summed E-state index contributed by atoms with van der Waals surface area (Å²) in [4.78, 5) is 45.3. The van der Waals surface area contributed by atoms with Gasteiger partial charge < -0.3 is 14.4 Å². The van der Waals surface area contributed by atoms with Gasteiger partial charge in [0.15, 0.2) is 11.6 Å². The third kappa shape index (κ3) is 6.89. The zero-order chi connectivity index (χ0) is 34.1. The van der Waals surface area contributed by atoms with Gasteiger partial charge in [0, 0.05) is 76.2 Å². The van der Waals surface area contributed by atoms with Crippen molar-refractivity contribution in [1.29, 1.82) is 0 Å². The molecule has 4 aromatic heterocycles. The van der Waals surface area contributed by atoms with Gasteiger partial charge >= 0.3 is 0 Å². The number of aryl methyl sites for hydroxylation is 1. The lowest BCUT2D eigenvalue weighted by atomic mass is 9.91. The Hall–Kier alpha value is -4.79. The molecule has 254 valence electrons. The first-order chi connectivity index (χ1) is 23.7. The number of nitrogens with one attached hydrogen (secondary N) is 1. The third-order valence-electron chi connectivity index (χ3n) is 9.09. The molecule has 2 aliphatic rings. The number of aromatic amines is 1. The lowest BCUT2D eigenvalue weighted by Crippen LogP contribution is -2.46. The molecule has 0 spiro atoms. The van der Waals surface area contributed by atoms with Gasteiger partial charge in [-0.05, 0) is 56.0 Å². The van der Waals surface area contributed by atoms with Gasteiger partial charge in [0.05, 0.1) is 23.0 Å². The van der Waals surface area contributed by atoms with E-state index in [4.69, 9.17) is 9.47 Å². The number of rotatable bonds is 11. The number of Topliss-reactive ketones (excluding diaryl/α,β-unsaturated/α-hetero) is 1. The Morgan fingerprint density at radius 2 is 1.98 bits per heavy atom. The molecule has 7 rings (SSSR count). The maximum atomic E-state index is 13.8. The number of hydrogen-bond donors (Lipinski definition) is 1. The molecule has 0 aliphatic carbocycles. The summed E-state index contributed by atoms with van der Waals surface area (Å²) in [5, 5.41) is 13.8. The minimum absolute atomic E-state index is 0.000431. The Labute approximate surface area is 288 Å². The molecular formula is C35H39N9O4S. The number of pyridine rings is 1. The smallest absolute Gasteiger partial charge is 0.237 e. The number of amides is 1. The fourth-order valence-electron chi connectivity index (χ4n) is 6.43. The van der Waals surface area contributed by atoms with Crippen LogP contribution in [-0.2, 0) is 27.8 Å². The average Bonchev–Trinajstić information content (AvgIpc) is 3.92. The number of carbonyl (C=O) groups is 2. The van der Waals surface area contributed by atoms with Gasteiger partial charge in [0.1, 0.15) is 22.6 Å². The second-order valence-electron chi connectivity index (χ2n) is 12.9. The van der Waals surface area contributed by atoms with Crippen LogP contribution in [0.4, 0.5) is 0 Å². The number of hydrogen-bond acceptors (Lipinski definition) is 11. The number of benzene rings is 1. The Balaban J connectivity index is 0.962. The van der Waals surface area contributed by atoms with Crippen molar-refractivity contribution in [2.24, 2.45) is 7.05 Å². The largest absolute Gasteiger partial charge is 0.475 e. The van der Waals surface area contributed by atoms with Crippen LogP contribution in [0.25, 0.3) is 38.4 Å². The molecule has 2 aliphatic heterocycles. The number of H-pyrrole nitrogens is 1. The summed E-state index contributed by atoms with van der Waals surface area (Å²) < 4.78 is 13.3. The summed E-state index contributed by atoms with van der Waals surface area (Å²) in [7, 11) is 3.43. The Bertz CT molecular complexity index is 2010. The second kappa shape index (κ2) is 13.6. The highest BCUT2D eigenvalue weighted by Gasteiger charge is 2.45. The number of aromatic nitrogens is 7. The average molecular weight is 682 g/mol. The van der Waals surface area contributed by atoms with E-state index in [0.717, 1.165) is 49.6 Å². The van der Waals surface area contributed by atoms with E-state index in [-0.39, 0.29) is 30.8 Å². The molecule has 1 aromatic carbocycles. The van der Waals surface area contributed by atoms with E-state index in [2.05, 4.69) is 36.3 Å². The minimum Gasteiger partial charge on any atom is -0.475 e. The van der Waals surface area contributed by atoms with Crippen LogP contribution < -0.4 is 4.74 Å². The van der Waals surface area contributed by atoms with Crippen molar-refractivity contribution in [3.63, 3.8) is 0 Å². The maximum absolute atomic E-state index is 13.8. The van der Waals surface area contributed by atoms with Crippen molar-refractivity contribution >= 4 is 39.5 Å². The zero-order valence-corrected chi connectivity index (χ0v) is 28.9. The van der Waals surface area contributed by atoms with Gasteiger partial charge in [-0.1, -0.05) is 12.1 Å². The molecule has 1 saturated heterocycles. The lowest BCUT2D eigenvalue weighted by Gasteiger charge is -2.29. The van der Waals surface area contributed by atoms with Crippen LogP contribution in [0.3, 0.4) is 0 Å². The van der Waals surface area contributed by atoms with Gasteiger partial charge in [0.25, 0.3) is 0 Å². The Morgan fingerprint density at radius 1 is 1.10 bits per heavy atom. The van der Waals surface area contributed by atoms with E-state index in [9.17, 15) is 9.59 Å². The number of fused-ring (bicyclic) bond motifs is 1. The predicted octanol–water partition coefficient (Wildman–Crippen LogP) is 4.18. The molecule has 6 heterocycles. The van der Waals surface area contributed by atoms with Gasteiger partial charge in [-0.2, -0.15) is 10.2 Å². The van der Waals surface area contributed by atoms with E-state index in [1.807, 2.05) is 61.0 Å². The lowest BCUT2D eigenvalue weighted by molar-refractivity contribution is -0.140. The fraction of sp³-hybridized carbons (Fsp3) is 0.400. The van der Waals surface area contributed by atoms with Gasteiger partial charge in [-0.3, -0.25) is 24.3 Å². The monoisotopic (exact) mass is 681 g/mol. The Kier molecular flexibility index (Phi) is 9.09. The molecule has 0 saturated carbocycles. The van der Waals surface area contributed by atoms with Crippen LogP contribution in [0.2, 0.25) is 0 Å². The van der Waals surface area contributed by atoms with Crippen molar-refractivity contribution in [2.75, 3.05) is 39.8 Å². The molecule has 1 amide bonds. The molecular weight excluding hydrogens is 643 g/mol. The van der Waals surface area contributed by atoms with Crippen LogP contribution >= 0.6 is 11.3 Å². The van der Waals surface area contributed by atoms with Gasteiger partial charge in [-0.15, -0.1) is 11.3 Å². The number of ketones is 1. The molecule has 5 aromatic rings. The van der Waals surface area contributed by atoms with Crippen LogP contribution in [0, 0.1) is 0 Å². The molecule has 0 bridgehead atoms. The molecule has 49 heavy (non-hydrogen) atoms. The summed E-state index contributed by atoms with van der Waals surface area (Å²) >= 11 is 1.56. The number of nitrogens with zero attached hydrogens (tertiary/aromatic N) is 8. The van der Waals surface area contributed by atoms with E-state index in [0.29, 0.717) is 44.3 Å². The number of methoxy groups -OCH3 is 1. The number of likely N-dealkylation sites (tertiary alicyclic amines) is 1. The SMILES string of the molecule is CO[C@@]1(C(=O)Cc2ccc3[nH]nc(-c4ccc(OC(C)C)nc4)c3c2)CCN(CC(=O)N2CC=C(c3ncc(-c4ncn(C)n4)s3)CC2)C1. The first-order valence-corrected chi connectivity index (χ1v) is 17.2. The quantitative estimate of drug-likeness (QED) is 0.216. The van der Waals surface area contributed by atoms with Gasteiger partial charge in [0.2, 0.25) is 11.8 Å². The first kappa shape index (κ1) is 32.7. The summed E-state index contributed by atoms with van der Waals surface area (Å²) in [5.74, 6) is 1.27. The highest BCUT2D eigenvalue weighted by atomic mass is 32.1. The standard InChI is InChI=1S/C35H39N9O4S/c1-22(2)48-30-8-6-25(17-36-30)32-26-15-23(5-7-27(26)39-40-32)16-29(45)35(47-4)11-14-43(20-35)19-31(46)44-12-9-24(10-13-44)34-37-18-28(49-34)33-38-21-42(3)41-33/h5-9,15,17-18,21-22H,10-14,16,19-20H2,1-4H3,(H,39,40)/t35-/m0/s1. The maximum Gasteiger partial charge on any atom is 0.237 e. The highest BCUT2D eigenvalue weighted by molar-refractivity contribution is 7.16. The normalized spacial score (nSPS) is 18.4. The molecule has 1 atom stereocenters. The van der Waals surface area contributed by atoms with Crippen LogP contribution in [0.5, 0.6) is 5.88 Å². The molecule has 13 nitrogen and oxygen atoms in total. The van der Waals surface area contributed by atoms with E-state index in [1.54, 1.807) is 41.8 Å². The van der Waals surface area contributed by atoms with Gasteiger partial charge in [-0.25, -0.2) is 15.0 Å². The highest BCUT2D eigenvalue weighted by Crippen LogP contribution is 2.32. The van der Waals surface area contributed by atoms with Crippen LogP contribution in [-0.4, -0.2) is 108 Å². The fourth-order valence-corrected chi connectivity index (χ4v) is 7.35. The molecule has 0 radical (unpaired) electrons. The zero-order valence-electron chi connectivity index (χ0n) is 28.0. The molecule has 1 N–H and O–H groups in total. The topological polar surface area (TPSA) is 144 Å². The van der Waals surface area contributed by atoms with Crippen molar-refractivity contribution in [1.82, 2.24) is 44.7 Å². The molecule has 1 fully saturated rings. The van der Waals surface area contributed by atoms with Crippen molar-refractivity contribution < 1.29 is 19.1 Å². The third-order valence-corrected chi connectivity index (χ3v) is 10.2. The van der Waals surface area contributed by atoms with E-state index in [1.165, 1.54) is 0 Å². The summed E-state index contributed by atoms with van der Waals surface area (Å²) in [6, 6.07) is 9.66. The van der Waals surface area contributed by atoms with Crippen molar-refractivity contribution in [3.05, 3.63) is 65.7 Å². The Morgan fingerprint density at radius 3 is 2.69 bits per heavy atom. The van der Waals surface area contributed by atoms with E-state index >= 15 is 0 Å². The number of ether oxygens (including phenoxy) is 2. The summed E-state index contributed by atoms with van der Waals surface area (Å²) in [6.45, 7) is 6.29. The molecule has 0 unspecified atom stereocenters. The van der Waals surface area contributed by atoms with Crippen LogP contribution in [0.1, 0.15) is 37.3 Å². The van der Waals surface area contributed by atoms with Crippen molar-refractivity contribution in [2.45, 2.75) is 44.8 Å². The number of thiazole rings is 1. The first-order valence-electron chi connectivity index (χ1n) is 16.4. The van der Waals surface area contributed by atoms with Crippen molar-refractivity contribution in [3.8, 4) is 27.8 Å².